The number of pyridine rings is 1. The van der Waals surface area contributed by atoms with E-state index in [1.54, 1.807) is 31.5 Å². The molecule has 0 aliphatic rings. The molecule has 0 bridgehead atoms. The second-order valence-corrected chi connectivity index (χ2v) is 4.84. The van der Waals surface area contributed by atoms with Crippen LogP contribution in [0.2, 0.25) is 0 Å². The lowest BCUT2D eigenvalue weighted by atomic mass is 10.3. The van der Waals surface area contributed by atoms with Crippen molar-refractivity contribution in [1.29, 1.82) is 0 Å². The first kappa shape index (κ1) is 15.6. The van der Waals surface area contributed by atoms with Crippen LogP contribution in [0.25, 0.3) is 0 Å². The molecule has 0 atom stereocenters. The Labute approximate surface area is 129 Å². The van der Waals surface area contributed by atoms with Gasteiger partial charge in [0.1, 0.15) is 5.75 Å². The van der Waals surface area contributed by atoms with E-state index in [2.05, 4.69) is 10.4 Å². The number of carbonyl (C=O) groups excluding carboxylic acids is 1. The third kappa shape index (κ3) is 4.12. The van der Waals surface area contributed by atoms with Gasteiger partial charge in [0.05, 0.1) is 30.8 Å². The summed E-state index contributed by atoms with van der Waals surface area (Å²) in [4.78, 5) is 15.4. The van der Waals surface area contributed by atoms with Gasteiger partial charge in [-0.25, -0.2) is 9.99 Å². The first-order chi connectivity index (χ1) is 10.6. The first-order valence-electron chi connectivity index (χ1n) is 6.90. The zero-order valence-corrected chi connectivity index (χ0v) is 12.8. The number of hydrogen-bond donors (Lipinski definition) is 1. The van der Waals surface area contributed by atoms with Gasteiger partial charge in [0.15, 0.2) is 0 Å². The fourth-order valence-electron chi connectivity index (χ4n) is 1.84. The van der Waals surface area contributed by atoms with Gasteiger partial charge in [-0.1, -0.05) is 6.07 Å². The molecule has 1 amide bonds. The number of benzene rings is 1. The van der Waals surface area contributed by atoms with Crippen LogP contribution in [0.5, 0.6) is 11.6 Å². The SMILES string of the molecule is COc1ccc(NN(C=O)c2cccc(OC(C)C)c2)cn1. The number of hydrogen-bond acceptors (Lipinski definition) is 5. The molecule has 1 aromatic carbocycles. The normalized spacial score (nSPS) is 10.2. The third-order valence-electron chi connectivity index (χ3n) is 2.77. The number of aromatic nitrogens is 1. The van der Waals surface area contributed by atoms with Crippen LogP contribution < -0.4 is 19.9 Å². The van der Waals surface area contributed by atoms with E-state index in [9.17, 15) is 4.79 Å². The van der Waals surface area contributed by atoms with E-state index < -0.39 is 0 Å². The number of nitrogens with one attached hydrogen (secondary N) is 1. The van der Waals surface area contributed by atoms with Gasteiger partial charge in [0.2, 0.25) is 12.3 Å². The van der Waals surface area contributed by atoms with E-state index in [4.69, 9.17) is 9.47 Å². The molecule has 1 aromatic heterocycles. The zero-order chi connectivity index (χ0) is 15.9. The Kier molecular flexibility index (Phi) is 5.19. The van der Waals surface area contributed by atoms with E-state index in [1.807, 2.05) is 32.0 Å². The minimum Gasteiger partial charge on any atom is -0.491 e. The Hall–Kier alpha value is -2.76. The molecule has 0 fully saturated rings. The summed E-state index contributed by atoms with van der Waals surface area (Å²) in [5.41, 5.74) is 4.31. The van der Waals surface area contributed by atoms with Crippen LogP contribution >= 0.6 is 0 Å². The highest BCUT2D eigenvalue weighted by Crippen LogP contribution is 2.22. The van der Waals surface area contributed by atoms with E-state index in [-0.39, 0.29) is 6.10 Å². The topological polar surface area (TPSA) is 63.7 Å². The number of rotatable bonds is 7. The molecule has 116 valence electrons. The molecule has 0 saturated heterocycles. The molecule has 6 nitrogen and oxygen atoms in total. The number of methoxy groups -OCH3 is 1. The lowest BCUT2D eigenvalue weighted by Crippen LogP contribution is -2.28. The summed E-state index contributed by atoms with van der Waals surface area (Å²) in [6.07, 6.45) is 2.35. The van der Waals surface area contributed by atoms with Crippen LogP contribution in [0, 0.1) is 0 Å². The van der Waals surface area contributed by atoms with E-state index in [0.717, 1.165) is 0 Å². The largest absolute Gasteiger partial charge is 0.491 e. The van der Waals surface area contributed by atoms with Crippen molar-refractivity contribution in [1.82, 2.24) is 4.98 Å². The second kappa shape index (κ2) is 7.31. The maximum Gasteiger partial charge on any atom is 0.232 e. The molecule has 2 rings (SSSR count). The highest BCUT2D eigenvalue weighted by molar-refractivity contribution is 5.79. The van der Waals surface area contributed by atoms with Crippen molar-refractivity contribution in [3.63, 3.8) is 0 Å². The van der Waals surface area contributed by atoms with Gasteiger partial charge >= 0.3 is 0 Å². The Balaban J connectivity index is 2.14. The minimum atomic E-state index is 0.0682. The van der Waals surface area contributed by atoms with E-state index in [1.165, 1.54) is 5.01 Å². The predicted octanol–water partition coefficient (Wildman–Crippen LogP) is 2.87. The van der Waals surface area contributed by atoms with Gasteiger partial charge in [-0.3, -0.25) is 10.2 Å². The van der Waals surface area contributed by atoms with Crippen LogP contribution in [0.3, 0.4) is 0 Å². The molecule has 0 spiro atoms. The van der Waals surface area contributed by atoms with Crippen LogP contribution in [0.1, 0.15) is 13.8 Å². The van der Waals surface area contributed by atoms with Crippen molar-refractivity contribution in [2.24, 2.45) is 0 Å². The van der Waals surface area contributed by atoms with Gasteiger partial charge in [-0.15, -0.1) is 0 Å². The lowest BCUT2D eigenvalue weighted by Gasteiger charge is -2.20. The number of nitrogens with zero attached hydrogens (tertiary/aromatic N) is 2. The molecule has 2 aromatic rings. The summed E-state index contributed by atoms with van der Waals surface area (Å²) < 4.78 is 10.6. The third-order valence-corrected chi connectivity index (χ3v) is 2.77. The summed E-state index contributed by atoms with van der Waals surface area (Å²) in [5, 5.41) is 1.36. The van der Waals surface area contributed by atoms with Crippen molar-refractivity contribution in [2.45, 2.75) is 20.0 Å². The standard InChI is InChI=1S/C16H19N3O3/c1-12(2)22-15-6-4-5-14(9-15)19(11-20)18-13-7-8-16(21-3)17-10-13/h4-12,18H,1-3H3. The monoisotopic (exact) mass is 301 g/mol. The predicted molar refractivity (Wildman–Crippen MR) is 85.2 cm³/mol. The quantitative estimate of drug-likeness (QED) is 0.629. The minimum absolute atomic E-state index is 0.0682. The Morgan fingerprint density at radius 2 is 2.09 bits per heavy atom. The zero-order valence-electron chi connectivity index (χ0n) is 12.8. The molecular weight excluding hydrogens is 282 g/mol. The van der Waals surface area contributed by atoms with Gasteiger partial charge in [-0.2, -0.15) is 0 Å². The highest BCUT2D eigenvalue weighted by Gasteiger charge is 2.08. The fraction of sp³-hybridized carbons (Fsp3) is 0.250. The van der Waals surface area contributed by atoms with Crippen molar-refractivity contribution >= 4 is 17.8 Å². The summed E-state index contributed by atoms with van der Waals surface area (Å²) in [6, 6.07) is 10.8. The average molecular weight is 301 g/mol. The number of anilines is 2. The van der Waals surface area contributed by atoms with Crippen molar-refractivity contribution in [3.05, 3.63) is 42.6 Å². The maximum atomic E-state index is 11.3. The van der Waals surface area contributed by atoms with Crippen LogP contribution in [-0.2, 0) is 4.79 Å². The summed E-state index contributed by atoms with van der Waals surface area (Å²) in [7, 11) is 1.55. The van der Waals surface area contributed by atoms with Gasteiger partial charge < -0.3 is 9.47 Å². The number of ether oxygens (including phenoxy) is 2. The van der Waals surface area contributed by atoms with Gasteiger partial charge in [0, 0.05) is 12.1 Å². The summed E-state index contributed by atoms with van der Waals surface area (Å²) in [6.45, 7) is 3.90. The summed E-state index contributed by atoms with van der Waals surface area (Å²) >= 11 is 0. The van der Waals surface area contributed by atoms with Crippen LogP contribution in [-0.4, -0.2) is 24.6 Å². The molecule has 1 N–H and O–H groups in total. The molecule has 0 radical (unpaired) electrons. The molecule has 0 saturated carbocycles. The van der Waals surface area contributed by atoms with Crippen LogP contribution in [0.4, 0.5) is 11.4 Å². The molecule has 0 unspecified atom stereocenters. The van der Waals surface area contributed by atoms with E-state index in [0.29, 0.717) is 29.4 Å². The molecule has 22 heavy (non-hydrogen) atoms. The first-order valence-corrected chi connectivity index (χ1v) is 6.90. The second-order valence-electron chi connectivity index (χ2n) is 4.84. The van der Waals surface area contributed by atoms with Crippen molar-refractivity contribution in [3.8, 4) is 11.6 Å². The van der Waals surface area contributed by atoms with Gasteiger partial charge in [-0.05, 0) is 32.0 Å². The molecular formula is C16H19N3O3. The van der Waals surface area contributed by atoms with Crippen molar-refractivity contribution in [2.75, 3.05) is 17.5 Å². The molecule has 0 aliphatic heterocycles. The number of carbonyl (C=O) groups is 1. The molecule has 1 heterocycles. The van der Waals surface area contributed by atoms with E-state index >= 15 is 0 Å². The highest BCUT2D eigenvalue weighted by atomic mass is 16.5. The molecule has 6 heteroatoms. The summed E-state index contributed by atoms with van der Waals surface area (Å²) in [5.74, 6) is 1.21. The Morgan fingerprint density at radius 1 is 1.27 bits per heavy atom. The Morgan fingerprint density at radius 3 is 2.68 bits per heavy atom. The van der Waals surface area contributed by atoms with Crippen molar-refractivity contribution < 1.29 is 14.3 Å². The van der Waals surface area contributed by atoms with Crippen LogP contribution in [0.15, 0.2) is 42.6 Å². The lowest BCUT2D eigenvalue weighted by molar-refractivity contribution is -0.107. The Bertz CT molecular complexity index is 614. The average Bonchev–Trinajstić information content (AvgIpc) is 2.53. The molecule has 0 aliphatic carbocycles. The van der Waals surface area contributed by atoms with Gasteiger partial charge in [0.25, 0.3) is 0 Å². The smallest absolute Gasteiger partial charge is 0.232 e. The number of hydrazine groups is 1. The number of amides is 1. The fourth-order valence-corrected chi connectivity index (χ4v) is 1.84. The maximum absolute atomic E-state index is 11.3.